The van der Waals surface area contributed by atoms with E-state index >= 15 is 0 Å². The summed E-state index contributed by atoms with van der Waals surface area (Å²) < 4.78 is 11.7. The molecule has 0 saturated heterocycles. The van der Waals surface area contributed by atoms with E-state index in [4.69, 9.17) is 9.26 Å². The molecule has 2 aromatic heterocycles. The summed E-state index contributed by atoms with van der Waals surface area (Å²) in [4.78, 5) is 4.14. The predicted octanol–water partition coefficient (Wildman–Crippen LogP) is 0.769. The largest absolute Gasteiger partial charge is 0.377 e. The molecule has 0 saturated carbocycles. The molecule has 6 nitrogen and oxygen atoms in total. The van der Waals surface area contributed by atoms with Gasteiger partial charge in [-0.2, -0.15) is 10.1 Å². The molecule has 2 rings (SSSR count). The van der Waals surface area contributed by atoms with Gasteiger partial charge in [0.05, 0.1) is 6.20 Å². The third kappa shape index (κ3) is 2.41. The summed E-state index contributed by atoms with van der Waals surface area (Å²) in [6.07, 6.45) is 3.70. The zero-order chi connectivity index (χ0) is 10.7. The maximum absolute atomic E-state index is 5.03. The molecule has 0 unspecified atom stereocenters. The highest BCUT2D eigenvalue weighted by atomic mass is 16.5. The van der Waals surface area contributed by atoms with Gasteiger partial charge < -0.3 is 9.26 Å². The number of hydrogen-bond acceptors (Lipinski definition) is 5. The van der Waals surface area contributed by atoms with Crippen molar-refractivity contribution >= 4 is 0 Å². The molecule has 0 amide bonds. The minimum absolute atomic E-state index is 0.363. The van der Waals surface area contributed by atoms with E-state index in [0.29, 0.717) is 24.9 Å². The number of hydrogen-bond donors (Lipinski definition) is 0. The first-order valence-electron chi connectivity index (χ1n) is 4.57. The first-order valence-corrected chi connectivity index (χ1v) is 4.57. The lowest BCUT2D eigenvalue weighted by atomic mass is 10.4. The van der Waals surface area contributed by atoms with E-state index in [9.17, 15) is 0 Å². The second kappa shape index (κ2) is 4.22. The summed E-state index contributed by atoms with van der Waals surface area (Å²) in [6, 6.07) is 0. The standard InChI is InChI=1S/C9H12N4O2/c1-7-3-10-13(4-7)5-9-11-8(6-14-2)12-15-9/h3-4H,5-6H2,1-2H3. The zero-order valence-electron chi connectivity index (χ0n) is 8.67. The molecule has 0 N–H and O–H groups in total. The SMILES string of the molecule is COCc1noc(Cn2cc(C)cn2)n1. The number of ether oxygens (including phenoxy) is 1. The van der Waals surface area contributed by atoms with Crippen LogP contribution in [0.2, 0.25) is 0 Å². The van der Waals surface area contributed by atoms with Crippen LogP contribution in [0.5, 0.6) is 0 Å². The van der Waals surface area contributed by atoms with Crippen molar-refractivity contribution in [3.8, 4) is 0 Å². The number of nitrogens with zero attached hydrogens (tertiary/aromatic N) is 4. The highest BCUT2D eigenvalue weighted by molar-refractivity contribution is 5.00. The van der Waals surface area contributed by atoms with Gasteiger partial charge in [0.15, 0.2) is 5.82 Å². The normalized spacial score (nSPS) is 10.8. The van der Waals surface area contributed by atoms with E-state index in [-0.39, 0.29) is 0 Å². The van der Waals surface area contributed by atoms with Crippen LogP contribution < -0.4 is 0 Å². The topological polar surface area (TPSA) is 66.0 Å². The van der Waals surface area contributed by atoms with Gasteiger partial charge >= 0.3 is 0 Å². The van der Waals surface area contributed by atoms with Gasteiger partial charge in [0.25, 0.3) is 0 Å². The quantitative estimate of drug-likeness (QED) is 0.742. The molecular formula is C9H12N4O2. The molecule has 0 atom stereocenters. The lowest BCUT2D eigenvalue weighted by molar-refractivity contribution is 0.174. The molecule has 6 heteroatoms. The molecule has 0 radical (unpaired) electrons. The average Bonchev–Trinajstić information content (AvgIpc) is 2.78. The van der Waals surface area contributed by atoms with Crippen LogP contribution >= 0.6 is 0 Å². The second-order valence-corrected chi connectivity index (χ2v) is 3.25. The van der Waals surface area contributed by atoms with E-state index in [1.54, 1.807) is 18.0 Å². The van der Waals surface area contributed by atoms with Gasteiger partial charge in [-0.15, -0.1) is 0 Å². The molecule has 2 heterocycles. The highest BCUT2D eigenvalue weighted by Gasteiger charge is 2.06. The van der Waals surface area contributed by atoms with Gasteiger partial charge in [0.1, 0.15) is 13.2 Å². The molecule has 0 aliphatic carbocycles. The fraction of sp³-hybridized carbons (Fsp3) is 0.444. The molecule has 0 aliphatic heterocycles. The summed E-state index contributed by atoms with van der Waals surface area (Å²) in [5.74, 6) is 1.08. The van der Waals surface area contributed by atoms with Gasteiger partial charge in [0.2, 0.25) is 5.89 Å². The van der Waals surface area contributed by atoms with Crippen LogP contribution in [0.25, 0.3) is 0 Å². The first-order chi connectivity index (χ1) is 7.28. The van der Waals surface area contributed by atoms with E-state index in [1.165, 1.54) is 0 Å². The summed E-state index contributed by atoms with van der Waals surface area (Å²) in [7, 11) is 1.59. The molecule has 0 aromatic carbocycles. The van der Waals surface area contributed by atoms with Crippen LogP contribution in [0.3, 0.4) is 0 Å². The fourth-order valence-corrected chi connectivity index (χ4v) is 1.23. The van der Waals surface area contributed by atoms with Crippen LogP contribution in [0, 0.1) is 6.92 Å². The number of aryl methyl sites for hydroxylation is 1. The zero-order valence-corrected chi connectivity index (χ0v) is 8.67. The van der Waals surface area contributed by atoms with Crippen molar-refractivity contribution in [2.75, 3.05) is 7.11 Å². The smallest absolute Gasteiger partial charge is 0.248 e. The Balaban J connectivity index is 2.04. The van der Waals surface area contributed by atoms with Crippen LogP contribution in [-0.4, -0.2) is 27.0 Å². The fourth-order valence-electron chi connectivity index (χ4n) is 1.23. The third-order valence-corrected chi connectivity index (χ3v) is 1.84. The predicted molar refractivity (Wildman–Crippen MR) is 51.1 cm³/mol. The van der Waals surface area contributed by atoms with Gasteiger partial charge in [-0.05, 0) is 12.5 Å². The Bertz CT molecular complexity index is 435. The first kappa shape index (κ1) is 9.85. The monoisotopic (exact) mass is 208 g/mol. The summed E-state index contributed by atoms with van der Waals surface area (Å²) in [6.45, 7) is 2.83. The van der Waals surface area contributed by atoms with E-state index < -0.39 is 0 Å². The third-order valence-electron chi connectivity index (χ3n) is 1.84. The molecule has 0 aliphatic rings. The highest BCUT2D eigenvalue weighted by Crippen LogP contribution is 2.02. The van der Waals surface area contributed by atoms with Crippen molar-refractivity contribution in [1.82, 2.24) is 19.9 Å². The Morgan fingerprint density at radius 3 is 3.07 bits per heavy atom. The molecule has 0 bridgehead atoms. The lowest BCUT2D eigenvalue weighted by Crippen LogP contribution is -2.00. The van der Waals surface area contributed by atoms with Crippen molar-refractivity contribution < 1.29 is 9.26 Å². The average molecular weight is 208 g/mol. The van der Waals surface area contributed by atoms with E-state index in [2.05, 4.69) is 15.2 Å². The number of methoxy groups -OCH3 is 1. The molecule has 2 aromatic rings. The second-order valence-electron chi connectivity index (χ2n) is 3.25. The van der Waals surface area contributed by atoms with Crippen LogP contribution in [0.15, 0.2) is 16.9 Å². The van der Waals surface area contributed by atoms with Crippen molar-refractivity contribution in [1.29, 1.82) is 0 Å². The molecule has 0 fully saturated rings. The minimum Gasteiger partial charge on any atom is -0.377 e. The van der Waals surface area contributed by atoms with E-state index in [1.807, 2.05) is 13.1 Å². The van der Waals surface area contributed by atoms with E-state index in [0.717, 1.165) is 5.56 Å². The summed E-state index contributed by atoms with van der Waals surface area (Å²) in [5.41, 5.74) is 1.10. The molecule has 15 heavy (non-hydrogen) atoms. The van der Waals surface area contributed by atoms with Crippen molar-refractivity contribution in [3.63, 3.8) is 0 Å². The maximum Gasteiger partial charge on any atom is 0.248 e. The maximum atomic E-state index is 5.03. The summed E-state index contributed by atoms with van der Waals surface area (Å²) in [5, 5.41) is 7.88. The van der Waals surface area contributed by atoms with Crippen LogP contribution in [0.4, 0.5) is 0 Å². The number of aromatic nitrogens is 4. The molecule has 80 valence electrons. The Kier molecular flexibility index (Phi) is 2.77. The Hall–Kier alpha value is -1.69. The van der Waals surface area contributed by atoms with Gasteiger partial charge in [-0.3, -0.25) is 4.68 Å². The Morgan fingerprint density at radius 1 is 1.53 bits per heavy atom. The minimum atomic E-state index is 0.363. The van der Waals surface area contributed by atoms with Gasteiger partial charge in [0, 0.05) is 13.3 Å². The van der Waals surface area contributed by atoms with Gasteiger partial charge in [-0.1, -0.05) is 5.16 Å². The number of rotatable bonds is 4. The van der Waals surface area contributed by atoms with Crippen LogP contribution in [0.1, 0.15) is 17.3 Å². The molecule has 0 spiro atoms. The van der Waals surface area contributed by atoms with Crippen molar-refractivity contribution in [2.45, 2.75) is 20.1 Å². The van der Waals surface area contributed by atoms with Crippen LogP contribution in [-0.2, 0) is 17.9 Å². The van der Waals surface area contributed by atoms with Crippen molar-refractivity contribution in [2.24, 2.45) is 0 Å². The molecular weight excluding hydrogens is 196 g/mol. The summed E-state index contributed by atoms with van der Waals surface area (Å²) >= 11 is 0. The Morgan fingerprint density at radius 2 is 2.40 bits per heavy atom. The van der Waals surface area contributed by atoms with Crippen molar-refractivity contribution in [3.05, 3.63) is 29.7 Å². The lowest BCUT2D eigenvalue weighted by Gasteiger charge is -1.93. The Labute approximate surface area is 86.9 Å². The van der Waals surface area contributed by atoms with Gasteiger partial charge in [-0.25, -0.2) is 0 Å².